The van der Waals surface area contributed by atoms with Crippen molar-refractivity contribution in [3.63, 3.8) is 0 Å². The Bertz CT molecular complexity index is 772. The van der Waals surface area contributed by atoms with Gasteiger partial charge in [0.2, 0.25) is 5.91 Å². The van der Waals surface area contributed by atoms with Gasteiger partial charge >= 0.3 is 0 Å². The van der Waals surface area contributed by atoms with Crippen molar-refractivity contribution in [1.29, 1.82) is 0 Å². The molecule has 3 rings (SSSR count). The van der Waals surface area contributed by atoms with Crippen molar-refractivity contribution in [3.05, 3.63) is 51.7 Å². The Morgan fingerprint density at radius 1 is 1.27 bits per heavy atom. The lowest BCUT2D eigenvalue weighted by Crippen LogP contribution is -2.51. The summed E-state index contributed by atoms with van der Waals surface area (Å²) in [4.78, 5) is 25.5. The highest BCUT2D eigenvalue weighted by Crippen LogP contribution is 2.21. The zero-order valence-corrected chi connectivity index (χ0v) is 15.4. The van der Waals surface area contributed by atoms with Crippen molar-refractivity contribution in [2.45, 2.75) is 31.9 Å². The molecule has 2 amide bonds. The van der Waals surface area contributed by atoms with E-state index in [4.69, 9.17) is 15.2 Å². The van der Waals surface area contributed by atoms with E-state index in [1.807, 2.05) is 12.1 Å². The van der Waals surface area contributed by atoms with Crippen LogP contribution in [-0.4, -0.2) is 37.2 Å². The van der Waals surface area contributed by atoms with Crippen molar-refractivity contribution < 1.29 is 19.1 Å². The molecule has 0 bridgehead atoms. The van der Waals surface area contributed by atoms with Gasteiger partial charge in [-0.2, -0.15) is 0 Å². The van der Waals surface area contributed by atoms with E-state index in [2.05, 4.69) is 12.2 Å². The van der Waals surface area contributed by atoms with E-state index >= 15 is 0 Å². The quantitative estimate of drug-likeness (QED) is 0.812. The number of aryl methyl sites for hydroxylation is 1. The Morgan fingerprint density at radius 2 is 2.04 bits per heavy atom. The summed E-state index contributed by atoms with van der Waals surface area (Å²) in [6.45, 7) is 3.05. The molecule has 3 N–H and O–H groups in total. The Labute approximate surface area is 156 Å². The molecule has 0 spiro atoms. The van der Waals surface area contributed by atoms with Gasteiger partial charge < -0.3 is 20.5 Å². The van der Waals surface area contributed by atoms with Crippen molar-refractivity contribution >= 4 is 23.2 Å². The van der Waals surface area contributed by atoms with Crippen molar-refractivity contribution in [2.24, 2.45) is 5.73 Å². The molecule has 0 saturated carbocycles. The predicted octanol–water partition coefficient (Wildman–Crippen LogP) is 2.38. The minimum Gasteiger partial charge on any atom is -0.488 e. The van der Waals surface area contributed by atoms with E-state index < -0.39 is 5.91 Å². The third-order valence-corrected chi connectivity index (χ3v) is 5.50. The first-order valence-corrected chi connectivity index (χ1v) is 9.42. The highest BCUT2D eigenvalue weighted by atomic mass is 32.1. The number of nitrogens with two attached hydrogens (primary N) is 1. The van der Waals surface area contributed by atoms with Crippen LogP contribution < -0.4 is 15.8 Å². The number of nitrogens with one attached hydrogen (secondary N) is 1. The molecule has 7 heteroatoms. The van der Waals surface area contributed by atoms with Gasteiger partial charge in [0.15, 0.2) is 0 Å². The topological polar surface area (TPSA) is 90.7 Å². The lowest BCUT2D eigenvalue weighted by Gasteiger charge is -2.32. The molecule has 1 aromatic carbocycles. The minimum atomic E-state index is -0.477. The fraction of sp³-hybridized carbons (Fsp3) is 0.368. The van der Waals surface area contributed by atoms with Crippen LogP contribution in [0.25, 0.3) is 0 Å². The molecule has 2 heterocycles. The third kappa shape index (κ3) is 4.42. The van der Waals surface area contributed by atoms with E-state index in [-0.39, 0.29) is 18.1 Å². The molecule has 1 aliphatic rings. The summed E-state index contributed by atoms with van der Waals surface area (Å²) in [6, 6.07) is 10.3. The number of carbonyl (C=O) groups is 2. The van der Waals surface area contributed by atoms with Gasteiger partial charge in [-0.05, 0) is 42.8 Å². The van der Waals surface area contributed by atoms with Crippen LogP contribution in [0.15, 0.2) is 36.4 Å². The maximum atomic E-state index is 12.5. The molecular weight excluding hydrogens is 352 g/mol. The first kappa shape index (κ1) is 18.4. The van der Waals surface area contributed by atoms with Crippen LogP contribution >= 0.6 is 11.3 Å². The van der Waals surface area contributed by atoms with Crippen LogP contribution in [0.3, 0.4) is 0 Å². The van der Waals surface area contributed by atoms with E-state index in [1.54, 1.807) is 24.3 Å². The van der Waals surface area contributed by atoms with Gasteiger partial charge in [0, 0.05) is 16.9 Å². The third-order valence-electron chi connectivity index (χ3n) is 4.27. The number of hydrogen-bond acceptors (Lipinski definition) is 5. The maximum Gasteiger partial charge on any atom is 0.261 e. The average Bonchev–Trinajstić information content (AvgIpc) is 3.13. The van der Waals surface area contributed by atoms with Crippen molar-refractivity contribution in [3.8, 4) is 5.75 Å². The van der Waals surface area contributed by atoms with Gasteiger partial charge in [0.1, 0.15) is 11.9 Å². The zero-order valence-electron chi connectivity index (χ0n) is 14.6. The SMILES string of the molecule is CCc1ccc(C(=O)N[C@@H]2COCC[C@H]2Oc2ccc(C(N)=O)cc2)s1. The Morgan fingerprint density at radius 3 is 2.69 bits per heavy atom. The maximum absolute atomic E-state index is 12.5. The molecule has 1 fully saturated rings. The summed E-state index contributed by atoms with van der Waals surface area (Å²) in [7, 11) is 0. The van der Waals surface area contributed by atoms with Crippen molar-refractivity contribution in [2.75, 3.05) is 13.2 Å². The highest BCUT2D eigenvalue weighted by molar-refractivity contribution is 7.14. The molecular formula is C19H22N2O4S. The standard InChI is InChI=1S/C19H22N2O4S/c1-2-14-7-8-17(26-14)19(23)21-15-11-24-10-9-16(15)25-13-5-3-12(4-6-13)18(20)22/h3-8,15-16H,2,9-11H2,1H3,(H2,20,22)(H,21,23)/t15-,16-/m1/s1. The van der Waals surface area contributed by atoms with Crippen LogP contribution in [0, 0.1) is 0 Å². The van der Waals surface area contributed by atoms with Gasteiger partial charge in [-0.25, -0.2) is 0 Å². The Balaban J connectivity index is 1.65. The average molecular weight is 374 g/mol. The zero-order chi connectivity index (χ0) is 18.5. The van der Waals surface area contributed by atoms with Crippen LogP contribution in [0.5, 0.6) is 5.75 Å². The summed E-state index contributed by atoms with van der Waals surface area (Å²) in [5.74, 6) is 0.0450. The monoisotopic (exact) mass is 374 g/mol. The van der Waals surface area contributed by atoms with Crippen LogP contribution in [0.4, 0.5) is 0 Å². The molecule has 0 aliphatic carbocycles. The smallest absolute Gasteiger partial charge is 0.261 e. The molecule has 2 aromatic rings. The molecule has 6 nitrogen and oxygen atoms in total. The van der Waals surface area contributed by atoms with Gasteiger partial charge in [-0.15, -0.1) is 11.3 Å². The summed E-state index contributed by atoms with van der Waals surface area (Å²) in [6.07, 6.45) is 1.39. The Hall–Kier alpha value is -2.38. The summed E-state index contributed by atoms with van der Waals surface area (Å²) in [5, 5.41) is 3.02. The van der Waals surface area contributed by atoms with Gasteiger partial charge in [-0.3, -0.25) is 9.59 Å². The largest absolute Gasteiger partial charge is 0.488 e. The number of hydrogen-bond donors (Lipinski definition) is 2. The second kappa shape index (κ2) is 8.33. The lowest BCUT2D eigenvalue weighted by atomic mass is 10.1. The second-order valence-corrected chi connectivity index (χ2v) is 7.28. The number of primary amides is 1. The van der Waals surface area contributed by atoms with Crippen LogP contribution in [-0.2, 0) is 11.2 Å². The van der Waals surface area contributed by atoms with Crippen LogP contribution in [0.2, 0.25) is 0 Å². The molecule has 1 saturated heterocycles. The van der Waals surface area contributed by atoms with Crippen LogP contribution in [0.1, 0.15) is 38.3 Å². The minimum absolute atomic E-state index is 0.108. The number of rotatable bonds is 6. The van der Waals surface area contributed by atoms with Gasteiger partial charge in [0.05, 0.1) is 24.1 Å². The van der Waals surface area contributed by atoms with E-state index in [9.17, 15) is 9.59 Å². The van der Waals surface area contributed by atoms with Crippen molar-refractivity contribution in [1.82, 2.24) is 5.32 Å². The molecule has 1 aromatic heterocycles. The number of thiophene rings is 1. The predicted molar refractivity (Wildman–Crippen MR) is 99.8 cm³/mol. The fourth-order valence-corrected chi connectivity index (χ4v) is 3.65. The number of carbonyl (C=O) groups excluding carboxylic acids is 2. The van der Waals surface area contributed by atoms with E-state index in [0.717, 1.165) is 6.42 Å². The molecule has 26 heavy (non-hydrogen) atoms. The molecule has 0 radical (unpaired) electrons. The first-order chi connectivity index (χ1) is 12.6. The molecule has 2 atom stereocenters. The molecule has 1 aliphatic heterocycles. The first-order valence-electron chi connectivity index (χ1n) is 8.60. The number of ether oxygens (including phenoxy) is 2. The second-order valence-electron chi connectivity index (χ2n) is 6.11. The molecule has 138 valence electrons. The van der Waals surface area contributed by atoms with Gasteiger partial charge in [-0.1, -0.05) is 6.92 Å². The van der Waals surface area contributed by atoms with Gasteiger partial charge in [0.25, 0.3) is 5.91 Å². The normalized spacial score (nSPS) is 19.7. The summed E-state index contributed by atoms with van der Waals surface area (Å²) in [5.41, 5.74) is 5.68. The summed E-state index contributed by atoms with van der Waals surface area (Å²) >= 11 is 1.50. The number of benzene rings is 1. The lowest BCUT2D eigenvalue weighted by molar-refractivity contribution is -0.00283. The number of amides is 2. The van der Waals surface area contributed by atoms with E-state index in [0.29, 0.717) is 35.8 Å². The summed E-state index contributed by atoms with van der Waals surface area (Å²) < 4.78 is 11.5. The molecule has 0 unspecified atom stereocenters. The highest BCUT2D eigenvalue weighted by Gasteiger charge is 2.29. The Kier molecular flexibility index (Phi) is 5.90. The van der Waals surface area contributed by atoms with E-state index in [1.165, 1.54) is 16.2 Å². The fourth-order valence-electron chi connectivity index (χ4n) is 2.80.